The minimum Gasteiger partial charge on any atom is -0.469 e. The Kier molecular flexibility index (Phi) is 19.3. The van der Waals surface area contributed by atoms with Crippen LogP contribution in [-0.2, 0) is 52.2 Å². The number of esters is 1. The minimum absolute atomic E-state index is 0.108. The summed E-state index contributed by atoms with van der Waals surface area (Å²) in [6.45, 7) is 2.47. The normalized spacial score (nSPS) is 43.5. The number of nitrogens with one attached hydrogen (secondary N) is 1. The molecule has 11 N–H and O–H groups in total. The Morgan fingerprint density at radius 2 is 1.05 bits per heavy atom. The summed E-state index contributed by atoms with van der Waals surface area (Å²) in [7, 11) is 1.34. The zero-order chi connectivity index (χ0) is 42.8. The van der Waals surface area contributed by atoms with Crippen LogP contribution in [-0.4, -0.2) is 213 Å². The number of aliphatic hydroxyl groups is 10. The van der Waals surface area contributed by atoms with E-state index in [1.807, 2.05) is 0 Å². The van der Waals surface area contributed by atoms with E-state index in [0.717, 1.165) is 25.7 Å². The molecule has 0 aromatic rings. The molecule has 338 valence electrons. The van der Waals surface area contributed by atoms with E-state index in [4.69, 9.17) is 37.9 Å². The number of rotatable bonds is 19. The van der Waals surface area contributed by atoms with E-state index in [2.05, 4.69) is 10.1 Å². The SMILES string of the molecule is COC(=O)CCCCCCCCO[C@@H]1O[C@H](CO)[C@@H](O[C@@H]2O[C@H](CO)[C@H](O)[C@H](O)[C@H]2O[C@@H]2O[C@@H](C)[C@@H](O)[C@@H](O)[C@@H]2O)[C@H](O[C@@H]2O[C@@H](C)[C@@H](O)[C@@H](O)[C@@H]2O)[C@H]1NC(C)=O. The predicted octanol–water partition coefficient (Wildman–Crippen LogP) is -4.62. The van der Waals surface area contributed by atoms with Crippen molar-refractivity contribution in [1.29, 1.82) is 0 Å². The van der Waals surface area contributed by atoms with Gasteiger partial charge in [0.2, 0.25) is 5.91 Å². The topological polar surface area (TPSA) is 332 Å². The van der Waals surface area contributed by atoms with Crippen LogP contribution in [0.4, 0.5) is 0 Å². The summed E-state index contributed by atoms with van der Waals surface area (Å²) >= 11 is 0. The average Bonchev–Trinajstić information content (AvgIpc) is 3.20. The Morgan fingerprint density at radius 3 is 1.59 bits per heavy atom. The smallest absolute Gasteiger partial charge is 0.305 e. The zero-order valence-corrected chi connectivity index (χ0v) is 33.1. The number of methoxy groups -OCH3 is 1. The third kappa shape index (κ3) is 12.2. The molecule has 4 saturated heterocycles. The molecule has 0 spiro atoms. The molecule has 20 atom stereocenters. The van der Waals surface area contributed by atoms with Crippen LogP contribution in [0.25, 0.3) is 0 Å². The number of hydrogen-bond donors (Lipinski definition) is 11. The number of hydrogen-bond acceptors (Lipinski definition) is 21. The third-order valence-electron chi connectivity index (χ3n) is 10.8. The van der Waals surface area contributed by atoms with E-state index >= 15 is 0 Å². The number of carbonyl (C=O) groups is 2. The monoisotopic (exact) mass is 845 g/mol. The van der Waals surface area contributed by atoms with E-state index in [1.54, 1.807) is 0 Å². The molecule has 0 radical (unpaired) electrons. The molecule has 22 nitrogen and oxygen atoms in total. The van der Waals surface area contributed by atoms with Crippen molar-refractivity contribution in [3.05, 3.63) is 0 Å². The van der Waals surface area contributed by atoms with E-state index in [1.165, 1.54) is 27.9 Å². The van der Waals surface area contributed by atoms with Gasteiger partial charge in [0.15, 0.2) is 25.2 Å². The number of amides is 1. The molecule has 4 fully saturated rings. The highest BCUT2D eigenvalue weighted by atomic mass is 16.8. The minimum atomic E-state index is -1.92. The van der Waals surface area contributed by atoms with Crippen molar-refractivity contribution in [2.24, 2.45) is 0 Å². The molecule has 4 heterocycles. The van der Waals surface area contributed by atoms with Crippen LogP contribution < -0.4 is 5.32 Å². The molecule has 0 aromatic heterocycles. The van der Waals surface area contributed by atoms with Crippen LogP contribution in [0.1, 0.15) is 65.7 Å². The molecule has 4 aliphatic rings. The first-order chi connectivity index (χ1) is 27.5. The molecule has 4 aliphatic heterocycles. The molecular formula is C36H63NO21. The first-order valence-electron chi connectivity index (χ1n) is 19.7. The van der Waals surface area contributed by atoms with Crippen LogP contribution in [0.3, 0.4) is 0 Å². The van der Waals surface area contributed by atoms with Gasteiger partial charge in [-0.05, 0) is 26.7 Å². The van der Waals surface area contributed by atoms with Gasteiger partial charge < -0.3 is 99.0 Å². The maximum Gasteiger partial charge on any atom is 0.305 e. The van der Waals surface area contributed by atoms with Crippen molar-refractivity contribution in [2.45, 2.75) is 188 Å². The van der Waals surface area contributed by atoms with E-state index < -0.39 is 142 Å². The third-order valence-corrected chi connectivity index (χ3v) is 10.8. The van der Waals surface area contributed by atoms with Gasteiger partial charge in [-0.25, -0.2) is 0 Å². The Morgan fingerprint density at radius 1 is 0.552 bits per heavy atom. The second kappa shape index (κ2) is 22.9. The predicted molar refractivity (Wildman–Crippen MR) is 191 cm³/mol. The molecule has 0 aromatic carbocycles. The summed E-state index contributed by atoms with van der Waals surface area (Å²) in [6.07, 6.45) is -25.6. The average molecular weight is 846 g/mol. The van der Waals surface area contributed by atoms with Crippen LogP contribution in [0.15, 0.2) is 0 Å². The lowest BCUT2D eigenvalue weighted by molar-refractivity contribution is -0.392. The zero-order valence-electron chi connectivity index (χ0n) is 33.1. The summed E-state index contributed by atoms with van der Waals surface area (Å²) in [5.74, 6) is -0.875. The Hall–Kier alpha value is -1.78. The molecule has 58 heavy (non-hydrogen) atoms. The lowest BCUT2D eigenvalue weighted by Gasteiger charge is -2.51. The summed E-state index contributed by atoms with van der Waals surface area (Å²) in [5.41, 5.74) is 0. The van der Waals surface area contributed by atoms with Gasteiger partial charge >= 0.3 is 5.97 Å². The van der Waals surface area contributed by atoms with Gasteiger partial charge in [-0.3, -0.25) is 9.59 Å². The second-order valence-electron chi connectivity index (χ2n) is 15.1. The first-order valence-corrected chi connectivity index (χ1v) is 19.7. The van der Waals surface area contributed by atoms with Gasteiger partial charge in [0.1, 0.15) is 85.4 Å². The van der Waals surface area contributed by atoms with E-state index in [-0.39, 0.29) is 12.6 Å². The molecule has 0 aliphatic carbocycles. The highest BCUT2D eigenvalue weighted by Gasteiger charge is 2.56. The van der Waals surface area contributed by atoms with Gasteiger partial charge in [-0.2, -0.15) is 0 Å². The van der Waals surface area contributed by atoms with Gasteiger partial charge in [0.05, 0.1) is 32.5 Å². The van der Waals surface area contributed by atoms with Crippen molar-refractivity contribution >= 4 is 11.9 Å². The van der Waals surface area contributed by atoms with Gasteiger partial charge in [-0.15, -0.1) is 0 Å². The molecular weight excluding hydrogens is 782 g/mol. The van der Waals surface area contributed by atoms with E-state index in [9.17, 15) is 60.7 Å². The Labute approximate surface area is 335 Å². The van der Waals surface area contributed by atoms with Gasteiger partial charge in [0, 0.05) is 20.0 Å². The van der Waals surface area contributed by atoms with Gasteiger partial charge in [-0.1, -0.05) is 25.7 Å². The van der Waals surface area contributed by atoms with Crippen molar-refractivity contribution in [2.75, 3.05) is 26.9 Å². The summed E-state index contributed by atoms with van der Waals surface area (Å²) in [6, 6.07) is -1.31. The highest BCUT2D eigenvalue weighted by Crippen LogP contribution is 2.36. The largest absolute Gasteiger partial charge is 0.469 e. The molecule has 0 bridgehead atoms. The van der Waals surface area contributed by atoms with Crippen LogP contribution in [0, 0.1) is 0 Å². The fraction of sp³-hybridized carbons (Fsp3) is 0.944. The molecule has 1 amide bonds. The quantitative estimate of drug-likeness (QED) is 0.0430. The first kappa shape index (κ1) is 48.9. The van der Waals surface area contributed by atoms with Crippen molar-refractivity contribution in [3.8, 4) is 0 Å². The summed E-state index contributed by atoms with van der Waals surface area (Å²) in [4.78, 5) is 24.0. The maximum absolute atomic E-state index is 12.7. The lowest BCUT2D eigenvalue weighted by Crippen LogP contribution is -2.70. The van der Waals surface area contributed by atoms with E-state index in [0.29, 0.717) is 19.3 Å². The Balaban J connectivity index is 1.61. The summed E-state index contributed by atoms with van der Waals surface area (Å²) in [5, 5.41) is 109. The van der Waals surface area contributed by atoms with Crippen LogP contribution >= 0.6 is 0 Å². The number of aliphatic hydroxyl groups excluding tert-OH is 10. The molecule has 0 saturated carbocycles. The van der Waals surface area contributed by atoms with Crippen molar-refractivity contribution in [3.63, 3.8) is 0 Å². The summed E-state index contributed by atoms with van der Waals surface area (Å²) < 4.78 is 52.3. The van der Waals surface area contributed by atoms with Crippen LogP contribution in [0.5, 0.6) is 0 Å². The fourth-order valence-corrected chi connectivity index (χ4v) is 7.31. The van der Waals surface area contributed by atoms with Crippen molar-refractivity contribution < 1.29 is 103 Å². The molecule has 0 unspecified atom stereocenters. The molecule has 4 rings (SSSR count). The second-order valence-corrected chi connectivity index (χ2v) is 15.1. The lowest BCUT2D eigenvalue weighted by atomic mass is 9.94. The number of carbonyl (C=O) groups excluding carboxylic acids is 2. The Bertz CT molecular complexity index is 1250. The maximum atomic E-state index is 12.7. The van der Waals surface area contributed by atoms with Crippen molar-refractivity contribution in [1.82, 2.24) is 5.32 Å². The number of ether oxygens (including phenoxy) is 9. The van der Waals surface area contributed by atoms with Crippen LogP contribution in [0.2, 0.25) is 0 Å². The standard InChI is InChI=1S/C36H63NO21/c1-15-22(42)25(45)28(48)34(52-15)57-31-21(37-17(3)40)33(51-12-10-8-6-5-7-9-11-20(41)50-4)55-19(14-39)30(31)56-36-32(27(47)24(44)18(13-38)54-36)58-35-29(49)26(46)23(43)16(2)53-35/h15-16,18-19,21-36,38-39,42-49H,5-14H2,1-4H3,(H,37,40)/t15-,16-,18+,19+,21+,22+,23+,24-,25+,26+,27-,28-,29-,30+,31+,32+,33+,34-,35-,36-/m0/s1. The fourth-order valence-electron chi connectivity index (χ4n) is 7.31. The molecule has 22 heteroatoms. The highest BCUT2D eigenvalue weighted by molar-refractivity contribution is 5.73. The van der Waals surface area contributed by atoms with Gasteiger partial charge in [0.25, 0.3) is 0 Å². The number of unbranched alkanes of at least 4 members (excludes halogenated alkanes) is 5.